The second-order valence-corrected chi connectivity index (χ2v) is 6.78. The lowest BCUT2D eigenvalue weighted by Crippen LogP contribution is -2.32. The lowest BCUT2D eigenvalue weighted by molar-refractivity contribution is 0.645. The zero-order valence-corrected chi connectivity index (χ0v) is 10.5. The predicted molar refractivity (Wildman–Crippen MR) is 67.4 cm³/mol. The molecule has 2 aliphatic rings. The number of hydrogen-bond acceptors (Lipinski definition) is 4. The molecule has 0 saturated carbocycles. The first-order valence-electron chi connectivity index (χ1n) is 5.37. The molecule has 0 amide bonds. The fourth-order valence-corrected chi connectivity index (χ4v) is 3.97. The number of aliphatic imine (C=N–C) groups is 1. The Kier molecular flexibility index (Phi) is 3.66. The predicted octanol–water partition coefficient (Wildman–Crippen LogP) is 2.35. The summed E-state index contributed by atoms with van der Waals surface area (Å²) < 4.78 is 0. The van der Waals surface area contributed by atoms with E-state index in [1.165, 1.54) is 23.8 Å². The fourth-order valence-electron chi connectivity index (χ4n) is 1.80. The molecule has 2 nitrogen and oxygen atoms in total. The number of nitrogens with one attached hydrogen (secondary N) is 1. The zero-order chi connectivity index (χ0) is 9.97. The number of thioether (sulfide) groups is 2. The molecular weight excluding hydrogens is 212 g/mol. The van der Waals surface area contributed by atoms with Gasteiger partial charge in [-0.1, -0.05) is 25.6 Å². The van der Waals surface area contributed by atoms with E-state index >= 15 is 0 Å². The molecule has 0 radical (unpaired) electrons. The van der Waals surface area contributed by atoms with E-state index in [9.17, 15) is 0 Å². The summed E-state index contributed by atoms with van der Waals surface area (Å²) in [6, 6.07) is 0.664. The minimum Gasteiger partial charge on any atom is -0.361 e. The third-order valence-electron chi connectivity index (χ3n) is 2.70. The monoisotopic (exact) mass is 230 g/mol. The quantitative estimate of drug-likeness (QED) is 0.788. The van der Waals surface area contributed by atoms with Gasteiger partial charge in [-0.25, -0.2) is 0 Å². The van der Waals surface area contributed by atoms with Gasteiger partial charge >= 0.3 is 0 Å². The molecule has 2 rings (SSSR count). The van der Waals surface area contributed by atoms with Crippen LogP contribution in [-0.4, -0.2) is 34.0 Å². The normalized spacial score (nSPS) is 37.3. The second-order valence-electron chi connectivity index (χ2n) is 4.01. The van der Waals surface area contributed by atoms with E-state index < -0.39 is 0 Å². The highest BCUT2D eigenvalue weighted by Crippen LogP contribution is 2.28. The maximum absolute atomic E-state index is 4.54. The number of hydrogen-bond donors (Lipinski definition) is 1. The van der Waals surface area contributed by atoms with E-state index in [2.05, 4.69) is 35.9 Å². The van der Waals surface area contributed by atoms with E-state index in [1.54, 1.807) is 0 Å². The molecule has 4 heteroatoms. The third-order valence-corrected chi connectivity index (χ3v) is 5.34. The molecule has 0 aromatic heterocycles. The summed E-state index contributed by atoms with van der Waals surface area (Å²) in [5, 5.41) is 6.30. The number of amidine groups is 1. The highest BCUT2D eigenvalue weighted by Gasteiger charge is 2.25. The van der Waals surface area contributed by atoms with Gasteiger partial charge in [-0.2, -0.15) is 11.8 Å². The topological polar surface area (TPSA) is 24.4 Å². The van der Waals surface area contributed by atoms with Crippen molar-refractivity contribution in [2.45, 2.75) is 43.2 Å². The average Bonchev–Trinajstić information content (AvgIpc) is 2.76. The first-order chi connectivity index (χ1) is 6.78. The summed E-state index contributed by atoms with van der Waals surface area (Å²) in [4.78, 5) is 4.54. The Balaban J connectivity index is 1.76. The lowest BCUT2D eigenvalue weighted by atomic mass is 10.2. The van der Waals surface area contributed by atoms with Crippen LogP contribution in [-0.2, 0) is 0 Å². The molecule has 0 aromatic rings. The van der Waals surface area contributed by atoms with Gasteiger partial charge in [-0.3, -0.25) is 4.99 Å². The van der Waals surface area contributed by atoms with Gasteiger partial charge in [-0.05, 0) is 12.8 Å². The average molecular weight is 230 g/mol. The molecule has 3 unspecified atom stereocenters. The maximum atomic E-state index is 4.54. The molecule has 3 atom stereocenters. The van der Waals surface area contributed by atoms with Gasteiger partial charge in [0.15, 0.2) is 5.17 Å². The molecule has 2 aliphatic heterocycles. The summed E-state index contributed by atoms with van der Waals surface area (Å²) in [7, 11) is 0. The number of nitrogens with zero attached hydrogens (tertiary/aromatic N) is 1. The second kappa shape index (κ2) is 4.79. The van der Waals surface area contributed by atoms with Crippen LogP contribution in [0.5, 0.6) is 0 Å². The minimum absolute atomic E-state index is 0.664. The van der Waals surface area contributed by atoms with Crippen molar-refractivity contribution in [3.05, 3.63) is 0 Å². The van der Waals surface area contributed by atoms with Gasteiger partial charge in [0.05, 0.1) is 6.54 Å². The Morgan fingerprint density at radius 2 is 2.43 bits per heavy atom. The molecular formula is C10H18N2S2. The van der Waals surface area contributed by atoms with Crippen molar-refractivity contribution in [2.24, 2.45) is 4.99 Å². The summed E-state index contributed by atoms with van der Waals surface area (Å²) in [5.74, 6) is 1.25. The van der Waals surface area contributed by atoms with Crippen LogP contribution in [0, 0.1) is 0 Å². The minimum atomic E-state index is 0.664. The Labute approximate surface area is 94.7 Å². The van der Waals surface area contributed by atoms with Crippen molar-refractivity contribution in [2.75, 3.05) is 12.3 Å². The van der Waals surface area contributed by atoms with Crippen LogP contribution in [0.4, 0.5) is 0 Å². The van der Waals surface area contributed by atoms with Crippen LogP contribution in [0.25, 0.3) is 0 Å². The SMILES string of the molecule is CCC1CN=C(NC2CSC(C)C2)S1. The third kappa shape index (κ3) is 2.60. The molecule has 0 bridgehead atoms. The largest absolute Gasteiger partial charge is 0.361 e. The lowest BCUT2D eigenvalue weighted by Gasteiger charge is -2.12. The van der Waals surface area contributed by atoms with Gasteiger partial charge in [0.25, 0.3) is 0 Å². The molecule has 0 spiro atoms. The first-order valence-corrected chi connectivity index (χ1v) is 7.30. The van der Waals surface area contributed by atoms with Crippen LogP contribution in [0.1, 0.15) is 26.7 Å². The van der Waals surface area contributed by atoms with E-state index in [1.807, 2.05) is 11.8 Å². The molecule has 0 aliphatic carbocycles. The standard InChI is InChI=1S/C10H18N2S2/c1-3-9-5-11-10(14-9)12-8-4-7(2)13-6-8/h7-9H,3-6H2,1-2H3,(H,11,12). The Morgan fingerprint density at radius 1 is 1.57 bits per heavy atom. The van der Waals surface area contributed by atoms with Crippen molar-refractivity contribution < 1.29 is 0 Å². The Morgan fingerprint density at radius 3 is 3.00 bits per heavy atom. The van der Waals surface area contributed by atoms with Crippen LogP contribution in [0.15, 0.2) is 4.99 Å². The van der Waals surface area contributed by atoms with Gasteiger partial charge in [-0.15, -0.1) is 0 Å². The molecule has 0 aromatic carbocycles. The zero-order valence-electron chi connectivity index (χ0n) is 8.82. The Hall–Kier alpha value is 0.170. The molecule has 1 saturated heterocycles. The van der Waals surface area contributed by atoms with E-state index in [0.717, 1.165) is 17.0 Å². The summed E-state index contributed by atoms with van der Waals surface area (Å²) in [6.45, 7) is 5.56. The summed E-state index contributed by atoms with van der Waals surface area (Å²) in [6.07, 6.45) is 2.52. The van der Waals surface area contributed by atoms with Crippen LogP contribution >= 0.6 is 23.5 Å². The van der Waals surface area contributed by atoms with Crippen molar-refractivity contribution in [3.8, 4) is 0 Å². The highest BCUT2D eigenvalue weighted by molar-refractivity contribution is 8.14. The van der Waals surface area contributed by atoms with Gasteiger partial charge < -0.3 is 5.32 Å². The van der Waals surface area contributed by atoms with Crippen LogP contribution in [0.3, 0.4) is 0 Å². The van der Waals surface area contributed by atoms with E-state index in [4.69, 9.17) is 0 Å². The van der Waals surface area contributed by atoms with E-state index in [0.29, 0.717) is 6.04 Å². The molecule has 80 valence electrons. The maximum Gasteiger partial charge on any atom is 0.157 e. The van der Waals surface area contributed by atoms with Gasteiger partial charge in [0.1, 0.15) is 0 Å². The van der Waals surface area contributed by atoms with Crippen molar-refractivity contribution in [3.63, 3.8) is 0 Å². The van der Waals surface area contributed by atoms with Gasteiger partial charge in [0, 0.05) is 22.3 Å². The molecule has 1 N–H and O–H groups in total. The fraction of sp³-hybridized carbons (Fsp3) is 0.900. The van der Waals surface area contributed by atoms with Crippen LogP contribution in [0.2, 0.25) is 0 Å². The van der Waals surface area contributed by atoms with Crippen molar-refractivity contribution in [1.29, 1.82) is 0 Å². The Bertz CT molecular complexity index is 230. The van der Waals surface area contributed by atoms with Crippen LogP contribution < -0.4 is 5.32 Å². The van der Waals surface area contributed by atoms with Gasteiger partial charge in [0.2, 0.25) is 0 Å². The molecule has 2 heterocycles. The molecule has 14 heavy (non-hydrogen) atoms. The van der Waals surface area contributed by atoms with E-state index in [-0.39, 0.29) is 0 Å². The summed E-state index contributed by atoms with van der Waals surface area (Å²) >= 11 is 4.00. The summed E-state index contributed by atoms with van der Waals surface area (Å²) in [5.41, 5.74) is 0. The smallest absolute Gasteiger partial charge is 0.157 e. The van der Waals surface area contributed by atoms with Crippen molar-refractivity contribution in [1.82, 2.24) is 5.32 Å². The van der Waals surface area contributed by atoms with Crippen molar-refractivity contribution >= 4 is 28.7 Å². The number of rotatable bonds is 2. The molecule has 1 fully saturated rings. The highest BCUT2D eigenvalue weighted by atomic mass is 32.2. The first kappa shape index (κ1) is 10.7.